The number of nitrogens with zero attached hydrogens (tertiary/aromatic N) is 4. The van der Waals surface area contributed by atoms with E-state index in [1.165, 1.54) is 19.3 Å². The van der Waals surface area contributed by atoms with E-state index in [0.717, 1.165) is 60.3 Å². The van der Waals surface area contributed by atoms with Crippen LogP contribution in [-0.2, 0) is 28.8 Å². The van der Waals surface area contributed by atoms with Gasteiger partial charge in [-0.2, -0.15) is 0 Å². The van der Waals surface area contributed by atoms with Crippen molar-refractivity contribution < 1.29 is 24.2 Å². The van der Waals surface area contributed by atoms with Crippen LogP contribution in [0.15, 0.2) is 36.4 Å². The summed E-state index contributed by atoms with van der Waals surface area (Å²) in [4.78, 5) is 48.8. The number of phenols is 1. The number of carbonyl (C=O) groups is 3. The number of phenolic OH excluding ortho intramolecular Hbond substituents is 1. The molecule has 10 heteroatoms. The number of para-hydroxylation sites is 1. The number of aryl methyl sites for hydroxylation is 2. The third kappa shape index (κ3) is 7.69. The Morgan fingerprint density at radius 2 is 1.60 bits per heavy atom. The van der Waals surface area contributed by atoms with Gasteiger partial charge in [0.05, 0.1) is 0 Å². The van der Waals surface area contributed by atoms with Crippen molar-refractivity contribution in [1.29, 1.82) is 0 Å². The van der Waals surface area contributed by atoms with Crippen LogP contribution < -0.4 is 5.32 Å². The molecule has 2 aromatic rings. The van der Waals surface area contributed by atoms with Gasteiger partial charge in [0.25, 0.3) is 5.91 Å². The lowest BCUT2D eigenvalue weighted by Gasteiger charge is -2.41. The molecular weight excluding hydrogens is 594 g/mol. The number of piperidine rings is 3. The molecule has 0 bridgehead atoms. The van der Waals surface area contributed by atoms with Crippen molar-refractivity contribution in [3.05, 3.63) is 58.7 Å². The van der Waals surface area contributed by atoms with Gasteiger partial charge in [-0.3, -0.25) is 4.79 Å². The predicted octanol–water partition coefficient (Wildman–Crippen LogP) is 5.34. The van der Waals surface area contributed by atoms with E-state index in [9.17, 15) is 19.5 Å². The van der Waals surface area contributed by atoms with E-state index in [1.807, 2.05) is 54.0 Å². The molecule has 47 heavy (non-hydrogen) atoms. The number of rotatable bonds is 7. The summed E-state index contributed by atoms with van der Waals surface area (Å²) in [6.07, 6.45) is 7.26. The fraction of sp³-hybridized carbons (Fsp3) is 0.595. The van der Waals surface area contributed by atoms with Crippen molar-refractivity contribution in [1.82, 2.24) is 19.6 Å². The van der Waals surface area contributed by atoms with Gasteiger partial charge in [-0.05, 0) is 99.7 Å². The first-order valence-corrected chi connectivity index (χ1v) is 17.8. The number of amides is 4. The lowest BCUT2D eigenvalue weighted by Crippen LogP contribution is -2.53. The number of benzene rings is 2. The maximum Gasteiger partial charge on any atom is 0.410 e. The molecule has 4 heterocycles. The number of fused-ring (bicyclic) bond motifs is 1. The Bertz CT molecular complexity index is 1430. The number of likely N-dealkylation sites (tertiary alicyclic amines) is 3. The molecule has 4 aliphatic heterocycles. The first-order chi connectivity index (χ1) is 22.8. The summed E-state index contributed by atoms with van der Waals surface area (Å²) < 4.78 is 6.09. The minimum Gasteiger partial charge on any atom is -0.507 e. The zero-order valence-corrected chi connectivity index (χ0v) is 28.1. The maximum atomic E-state index is 14.0. The molecule has 0 aromatic heterocycles. The smallest absolute Gasteiger partial charge is 0.410 e. The standard InChI is InChI=1S/C37H51N5O5/c1-3-28-24-27(23-26(2)34(28)43)25-33(35(44)40-18-12-30(13-19-40)39-16-7-4-8-17-39)47-37(46)41-20-14-31(15-21-41)42-22-11-29-9-5-6-10-32(29)38-36(42)45/h5-6,9-10,23-24,30-31,33,43H,3-4,7-8,11-22,25H2,1-2H3,(H,38,45)/t33-/m1/s1. The molecule has 254 valence electrons. The topological polar surface area (TPSA) is 106 Å². The zero-order chi connectivity index (χ0) is 32.9. The van der Waals surface area contributed by atoms with Gasteiger partial charge in [-0.25, -0.2) is 9.59 Å². The van der Waals surface area contributed by atoms with Crippen molar-refractivity contribution in [2.75, 3.05) is 51.1 Å². The summed E-state index contributed by atoms with van der Waals surface area (Å²) in [6.45, 7) is 9.02. The summed E-state index contributed by atoms with van der Waals surface area (Å²) in [5.41, 5.74) is 4.44. The summed E-state index contributed by atoms with van der Waals surface area (Å²) in [6, 6.07) is 12.2. The minimum atomic E-state index is -0.949. The zero-order valence-electron chi connectivity index (χ0n) is 28.1. The van der Waals surface area contributed by atoms with Crippen molar-refractivity contribution in [3.8, 4) is 5.75 Å². The van der Waals surface area contributed by atoms with E-state index < -0.39 is 12.2 Å². The lowest BCUT2D eigenvalue weighted by atomic mass is 9.97. The summed E-state index contributed by atoms with van der Waals surface area (Å²) in [7, 11) is 0. The monoisotopic (exact) mass is 645 g/mol. The average molecular weight is 646 g/mol. The number of aromatic hydroxyl groups is 1. The molecule has 0 aliphatic carbocycles. The maximum absolute atomic E-state index is 14.0. The Balaban J connectivity index is 1.10. The molecule has 1 atom stereocenters. The van der Waals surface area contributed by atoms with E-state index in [1.54, 1.807) is 4.90 Å². The number of ether oxygens (including phenoxy) is 1. The highest BCUT2D eigenvalue weighted by Crippen LogP contribution is 2.28. The molecule has 2 aromatic carbocycles. The molecule has 0 saturated carbocycles. The highest BCUT2D eigenvalue weighted by Gasteiger charge is 2.36. The lowest BCUT2D eigenvalue weighted by molar-refractivity contribution is -0.142. The summed E-state index contributed by atoms with van der Waals surface area (Å²) in [5, 5.41) is 13.6. The van der Waals surface area contributed by atoms with Crippen LogP contribution in [0.25, 0.3) is 0 Å². The van der Waals surface area contributed by atoms with Gasteiger partial charge < -0.3 is 34.8 Å². The summed E-state index contributed by atoms with van der Waals surface area (Å²) >= 11 is 0. The van der Waals surface area contributed by atoms with Gasteiger partial charge in [-0.15, -0.1) is 0 Å². The number of hydrogen-bond donors (Lipinski definition) is 2. The van der Waals surface area contributed by atoms with Crippen molar-refractivity contribution in [2.45, 2.75) is 96.2 Å². The van der Waals surface area contributed by atoms with Crippen molar-refractivity contribution in [2.24, 2.45) is 0 Å². The SMILES string of the molecule is CCc1cc(C[C@@H](OC(=O)N2CCC(N3CCc4ccccc4NC3=O)CC2)C(=O)N2CCC(N3CCCCC3)CC2)cc(C)c1O. The van der Waals surface area contributed by atoms with Gasteiger partial charge in [-0.1, -0.05) is 43.7 Å². The number of urea groups is 1. The molecule has 2 N–H and O–H groups in total. The quantitative estimate of drug-likeness (QED) is 0.421. The van der Waals surface area contributed by atoms with Crippen LogP contribution in [0.5, 0.6) is 5.75 Å². The number of hydrogen-bond acceptors (Lipinski definition) is 6. The van der Waals surface area contributed by atoms with Crippen LogP contribution in [-0.4, -0.2) is 107 Å². The van der Waals surface area contributed by atoms with Gasteiger partial charge in [0.1, 0.15) is 5.75 Å². The van der Waals surface area contributed by atoms with Gasteiger partial charge in [0.2, 0.25) is 0 Å². The Kier molecular flexibility index (Phi) is 10.5. The third-order valence-corrected chi connectivity index (χ3v) is 10.7. The average Bonchev–Trinajstić information content (AvgIpc) is 3.27. The first kappa shape index (κ1) is 33.1. The largest absolute Gasteiger partial charge is 0.507 e. The highest BCUT2D eigenvalue weighted by atomic mass is 16.6. The fourth-order valence-corrected chi connectivity index (χ4v) is 7.95. The molecule has 0 unspecified atom stereocenters. The molecule has 10 nitrogen and oxygen atoms in total. The van der Waals surface area contributed by atoms with E-state index in [2.05, 4.69) is 16.3 Å². The minimum absolute atomic E-state index is 0.0272. The molecule has 3 saturated heterocycles. The Labute approximate surface area is 279 Å². The number of anilines is 1. The van der Waals surface area contributed by atoms with Crippen LogP contribution in [0.1, 0.15) is 74.1 Å². The van der Waals surface area contributed by atoms with Crippen LogP contribution >= 0.6 is 0 Å². The molecule has 0 spiro atoms. The van der Waals surface area contributed by atoms with E-state index in [0.29, 0.717) is 58.0 Å². The van der Waals surface area contributed by atoms with Crippen molar-refractivity contribution in [3.63, 3.8) is 0 Å². The number of nitrogens with one attached hydrogen (secondary N) is 1. The molecule has 4 aliphatic rings. The van der Waals surface area contributed by atoms with Crippen LogP contribution in [0, 0.1) is 6.92 Å². The van der Waals surface area contributed by atoms with E-state index in [4.69, 9.17) is 4.74 Å². The van der Waals surface area contributed by atoms with Gasteiger partial charge in [0, 0.05) is 56.9 Å². The second-order valence-corrected chi connectivity index (χ2v) is 13.8. The normalized spacial score (nSPS) is 20.7. The van der Waals surface area contributed by atoms with Crippen LogP contribution in [0.3, 0.4) is 0 Å². The predicted molar refractivity (Wildman–Crippen MR) is 182 cm³/mol. The van der Waals surface area contributed by atoms with Crippen LogP contribution in [0.4, 0.5) is 15.3 Å². The Hall–Kier alpha value is -3.79. The summed E-state index contributed by atoms with van der Waals surface area (Å²) in [5.74, 6) is 0.135. The fourth-order valence-electron chi connectivity index (χ4n) is 7.95. The molecule has 3 fully saturated rings. The Morgan fingerprint density at radius 3 is 2.32 bits per heavy atom. The molecule has 6 rings (SSSR count). The second-order valence-electron chi connectivity index (χ2n) is 13.8. The van der Waals surface area contributed by atoms with Crippen molar-refractivity contribution >= 4 is 23.7 Å². The third-order valence-electron chi connectivity index (χ3n) is 10.7. The van der Waals surface area contributed by atoms with Gasteiger partial charge >= 0.3 is 12.1 Å². The van der Waals surface area contributed by atoms with E-state index in [-0.39, 0.29) is 30.2 Å². The molecular formula is C37H51N5O5. The van der Waals surface area contributed by atoms with Crippen LogP contribution in [0.2, 0.25) is 0 Å². The Morgan fingerprint density at radius 1 is 0.915 bits per heavy atom. The second kappa shape index (κ2) is 15.0. The highest BCUT2D eigenvalue weighted by molar-refractivity contribution is 5.91. The van der Waals surface area contributed by atoms with E-state index >= 15 is 0 Å². The number of carbonyl (C=O) groups excluding carboxylic acids is 3. The molecule has 4 amide bonds. The molecule has 0 radical (unpaired) electrons. The first-order valence-electron chi connectivity index (χ1n) is 17.8. The van der Waals surface area contributed by atoms with Gasteiger partial charge in [0.15, 0.2) is 6.10 Å².